The Kier molecular flexibility index (Phi) is 4.12. The van der Waals surface area contributed by atoms with Crippen LogP contribution in [0.3, 0.4) is 0 Å². The summed E-state index contributed by atoms with van der Waals surface area (Å²) < 4.78 is 4.91. The number of carbonyl (C=O) groups excluding carboxylic acids is 1. The van der Waals surface area contributed by atoms with Gasteiger partial charge in [-0.25, -0.2) is 0 Å². The van der Waals surface area contributed by atoms with Gasteiger partial charge >= 0.3 is 0 Å². The Hall–Kier alpha value is -3.59. The standard InChI is InChI=1S/C17H13N7OS/c18-16-20-17(19-13-4-2-1-3-5-13)22-24(16)15(25)12-8-6-11(7-9-12)14-10-26-23-21-14/h1-10H,(H3,18,19,20,22). The molecule has 0 spiro atoms. The number of nitrogens with one attached hydrogen (secondary N) is 1. The van der Waals surface area contributed by atoms with Crippen molar-refractivity contribution in [2.24, 2.45) is 0 Å². The van der Waals surface area contributed by atoms with Crippen LogP contribution < -0.4 is 11.1 Å². The Bertz CT molecular complexity index is 1030. The minimum absolute atomic E-state index is 0.0150. The van der Waals surface area contributed by atoms with Crippen LogP contribution in [0.4, 0.5) is 17.6 Å². The van der Waals surface area contributed by atoms with E-state index in [0.29, 0.717) is 5.56 Å². The molecule has 4 rings (SSSR count). The highest BCUT2D eigenvalue weighted by atomic mass is 32.1. The van der Waals surface area contributed by atoms with E-state index in [1.807, 2.05) is 35.7 Å². The highest BCUT2D eigenvalue weighted by Crippen LogP contribution is 2.19. The summed E-state index contributed by atoms with van der Waals surface area (Å²) in [5, 5.41) is 13.0. The molecule has 3 N–H and O–H groups in total. The molecule has 0 aliphatic rings. The summed E-state index contributed by atoms with van der Waals surface area (Å²) in [5.41, 5.74) is 8.75. The molecular weight excluding hydrogens is 350 g/mol. The fraction of sp³-hybridized carbons (Fsp3) is 0. The summed E-state index contributed by atoms with van der Waals surface area (Å²) >= 11 is 1.27. The van der Waals surface area contributed by atoms with Crippen LogP contribution in [0.1, 0.15) is 10.4 Å². The van der Waals surface area contributed by atoms with Crippen molar-refractivity contribution in [2.75, 3.05) is 11.1 Å². The molecule has 9 heteroatoms. The molecule has 0 amide bonds. The molecule has 4 aromatic rings. The van der Waals surface area contributed by atoms with E-state index in [0.717, 1.165) is 21.6 Å². The number of nitrogens with zero attached hydrogens (tertiary/aromatic N) is 5. The molecule has 2 heterocycles. The van der Waals surface area contributed by atoms with Gasteiger partial charge in [0.25, 0.3) is 5.91 Å². The second-order valence-electron chi connectivity index (χ2n) is 5.37. The van der Waals surface area contributed by atoms with E-state index in [9.17, 15) is 4.79 Å². The lowest BCUT2D eigenvalue weighted by atomic mass is 10.1. The van der Waals surface area contributed by atoms with Crippen LogP contribution in [0, 0.1) is 0 Å². The molecule has 0 atom stereocenters. The first kappa shape index (κ1) is 15.9. The van der Waals surface area contributed by atoms with Crippen molar-refractivity contribution < 1.29 is 4.79 Å². The molecule has 0 saturated carbocycles. The fourth-order valence-electron chi connectivity index (χ4n) is 2.37. The van der Waals surface area contributed by atoms with E-state index in [4.69, 9.17) is 5.73 Å². The lowest BCUT2D eigenvalue weighted by molar-refractivity contribution is 0.0948. The summed E-state index contributed by atoms with van der Waals surface area (Å²) in [7, 11) is 0. The molecule has 0 aliphatic heterocycles. The Labute approximate surface area is 152 Å². The fourth-order valence-corrected chi connectivity index (χ4v) is 2.84. The molecule has 0 aliphatic carbocycles. The number of aromatic nitrogens is 5. The van der Waals surface area contributed by atoms with E-state index < -0.39 is 0 Å². The van der Waals surface area contributed by atoms with Gasteiger partial charge in [0.05, 0.1) is 0 Å². The SMILES string of the molecule is Nc1nc(Nc2ccccc2)nn1C(=O)c1ccc(-c2csnn2)cc1. The number of nitrogen functional groups attached to an aromatic ring is 1. The highest BCUT2D eigenvalue weighted by molar-refractivity contribution is 7.03. The van der Waals surface area contributed by atoms with Crippen LogP contribution >= 0.6 is 11.5 Å². The Morgan fingerprint density at radius 3 is 2.54 bits per heavy atom. The zero-order valence-corrected chi connectivity index (χ0v) is 14.2. The van der Waals surface area contributed by atoms with Crippen molar-refractivity contribution in [1.29, 1.82) is 0 Å². The minimum atomic E-state index is -0.362. The number of hydrogen-bond acceptors (Lipinski definition) is 8. The third-order valence-corrected chi connectivity index (χ3v) is 4.15. The Morgan fingerprint density at radius 2 is 1.85 bits per heavy atom. The van der Waals surface area contributed by atoms with Crippen molar-refractivity contribution >= 4 is 35.0 Å². The van der Waals surface area contributed by atoms with Gasteiger partial charge in [0, 0.05) is 22.2 Å². The van der Waals surface area contributed by atoms with Crippen molar-refractivity contribution in [2.45, 2.75) is 0 Å². The summed E-state index contributed by atoms with van der Waals surface area (Å²) in [6.07, 6.45) is 0. The van der Waals surface area contributed by atoms with E-state index in [-0.39, 0.29) is 17.8 Å². The van der Waals surface area contributed by atoms with Crippen molar-refractivity contribution in [1.82, 2.24) is 24.4 Å². The maximum atomic E-state index is 12.7. The quantitative estimate of drug-likeness (QED) is 0.573. The first-order valence-electron chi connectivity index (χ1n) is 7.67. The number of carbonyl (C=O) groups is 1. The van der Waals surface area contributed by atoms with Crippen LogP contribution in [0.15, 0.2) is 60.0 Å². The Balaban J connectivity index is 1.56. The van der Waals surface area contributed by atoms with Crippen LogP contribution in [0.25, 0.3) is 11.3 Å². The maximum Gasteiger partial charge on any atom is 0.281 e. The first-order valence-corrected chi connectivity index (χ1v) is 8.51. The van der Waals surface area contributed by atoms with Crippen LogP contribution in [-0.2, 0) is 0 Å². The van der Waals surface area contributed by atoms with Crippen LogP contribution in [0.5, 0.6) is 0 Å². The molecule has 2 aromatic heterocycles. The maximum absolute atomic E-state index is 12.7. The number of nitrogens with two attached hydrogens (primary N) is 1. The third kappa shape index (κ3) is 3.15. The number of anilines is 3. The average Bonchev–Trinajstić information content (AvgIpc) is 3.32. The summed E-state index contributed by atoms with van der Waals surface area (Å²) in [6, 6.07) is 16.4. The summed E-state index contributed by atoms with van der Waals surface area (Å²) in [6.45, 7) is 0. The van der Waals surface area contributed by atoms with Crippen molar-refractivity contribution in [3.8, 4) is 11.3 Å². The molecule has 128 valence electrons. The predicted octanol–water partition coefficient (Wildman–Crippen LogP) is 2.81. The van der Waals surface area contributed by atoms with Gasteiger partial charge in [0.1, 0.15) is 5.69 Å². The van der Waals surface area contributed by atoms with Crippen molar-refractivity contribution in [3.05, 3.63) is 65.5 Å². The van der Waals surface area contributed by atoms with Gasteiger partial charge in [0.15, 0.2) is 0 Å². The van der Waals surface area contributed by atoms with Gasteiger partial charge in [-0.2, -0.15) is 9.67 Å². The lowest BCUT2D eigenvalue weighted by Gasteiger charge is -2.03. The molecule has 0 saturated heterocycles. The molecule has 0 unspecified atom stereocenters. The van der Waals surface area contributed by atoms with Gasteiger partial charge in [-0.1, -0.05) is 34.8 Å². The second kappa shape index (κ2) is 6.73. The first-order chi connectivity index (χ1) is 12.7. The number of rotatable bonds is 4. The van der Waals surface area contributed by atoms with E-state index in [1.54, 1.807) is 24.3 Å². The minimum Gasteiger partial charge on any atom is -0.368 e. The van der Waals surface area contributed by atoms with Gasteiger partial charge in [-0.15, -0.1) is 10.2 Å². The molecular formula is C17H13N7OS. The van der Waals surface area contributed by atoms with Gasteiger partial charge in [-0.05, 0) is 35.8 Å². The third-order valence-electron chi connectivity index (χ3n) is 3.64. The molecule has 2 aromatic carbocycles. The zero-order chi connectivity index (χ0) is 17.9. The van der Waals surface area contributed by atoms with Crippen LogP contribution in [-0.4, -0.2) is 30.3 Å². The highest BCUT2D eigenvalue weighted by Gasteiger charge is 2.16. The van der Waals surface area contributed by atoms with Gasteiger partial charge < -0.3 is 11.1 Å². The zero-order valence-electron chi connectivity index (χ0n) is 13.4. The topological polar surface area (TPSA) is 112 Å². The van der Waals surface area contributed by atoms with E-state index in [1.165, 1.54) is 11.5 Å². The largest absolute Gasteiger partial charge is 0.368 e. The average molecular weight is 363 g/mol. The second-order valence-corrected chi connectivity index (χ2v) is 5.98. The monoisotopic (exact) mass is 363 g/mol. The normalized spacial score (nSPS) is 10.6. The molecule has 26 heavy (non-hydrogen) atoms. The number of para-hydroxylation sites is 1. The van der Waals surface area contributed by atoms with Gasteiger partial charge in [-0.3, -0.25) is 4.79 Å². The molecule has 8 nitrogen and oxygen atoms in total. The molecule has 0 fully saturated rings. The van der Waals surface area contributed by atoms with Gasteiger partial charge in [0.2, 0.25) is 11.9 Å². The number of hydrogen-bond donors (Lipinski definition) is 2. The molecule has 0 bridgehead atoms. The van der Waals surface area contributed by atoms with E-state index in [2.05, 4.69) is 25.0 Å². The van der Waals surface area contributed by atoms with E-state index >= 15 is 0 Å². The molecule has 0 radical (unpaired) electrons. The summed E-state index contributed by atoms with van der Waals surface area (Å²) in [4.78, 5) is 16.7. The lowest BCUT2D eigenvalue weighted by Crippen LogP contribution is -2.16. The predicted molar refractivity (Wildman–Crippen MR) is 99.2 cm³/mol. The number of benzene rings is 2. The smallest absolute Gasteiger partial charge is 0.281 e. The Morgan fingerprint density at radius 1 is 1.08 bits per heavy atom. The van der Waals surface area contributed by atoms with Crippen molar-refractivity contribution in [3.63, 3.8) is 0 Å². The summed E-state index contributed by atoms with van der Waals surface area (Å²) in [5.74, 6) is -0.0903. The van der Waals surface area contributed by atoms with Crippen LogP contribution in [0.2, 0.25) is 0 Å².